The fourth-order valence-electron chi connectivity index (χ4n) is 2.72. The first-order valence-corrected chi connectivity index (χ1v) is 8.61. The first-order valence-electron chi connectivity index (χ1n) is 8.61. The molecule has 0 radical (unpaired) electrons. The van der Waals surface area contributed by atoms with Gasteiger partial charge in [0.25, 0.3) is 0 Å². The quantitative estimate of drug-likeness (QED) is 0.208. The molecule has 24 heavy (non-hydrogen) atoms. The summed E-state index contributed by atoms with van der Waals surface area (Å²) in [6.45, 7) is 6.76. The van der Waals surface area contributed by atoms with E-state index in [-0.39, 0.29) is 36.4 Å². The molecule has 0 bridgehead atoms. The Morgan fingerprint density at radius 2 is 2.04 bits per heavy atom. The molecule has 0 saturated carbocycles. The van der Waals surface area contributed by atoms with Crippen LogP contribution in [0, 0.1) is 0 Å². The fourth-order valence-corrected chi connectivity index (χ4v) is 2.72. The number of rotatable bonds is 9. The van der Waals surface area contributed by atoms with Gasteiger partial charge in [0.2, 0.25) is 5.91 Å². The Morgan fingerprint density at radius 1 is 1.25 bits per heavy atom. The molecule has 8 heteroatoms. The molecule has 1 fully saturated rings. The molecular weight excluding hydrogens is 421 g/mol. The predicted molar refractivity (Wildman–Crippen MR) is 109 cm³/mol. The molecule has 1 rings (SSSR count). The van der Waals surface area contributed by atoms with Gasteiger partial charge in [-0.05, 0) is 32.7 Å². The number of nitrogens with zero attached hydrogens (tertiary/aromatic N) is 2. The van der Waals surface area contributed by atoms with Crippen molar-refractivity contribution in [3.63, 3.8) is 0 Å². The number of likely N-dealkylation sites (tertiary alicyclic amines) is 1. The van der Waals surface area contributed by atoms with Crippen molar-refractivity contribution in [1.82, 2.24) is 20.9 Å². The summed E-state index contributed by atoms with van der Waals surface area (Å²) in [7, 11) is 3.33. The lowest BCUT2D eigenvalue weighted by Crippen LogP contribution is -2.44. The maximum atomic E-state index is 11.6. The second-order valence-electron chi connectivity index (χ2n) is 5.93. The number of carbonyl (C=O) groups is 1. The zero-order valence-electron chi connectivity index (χ0n) is 15.3. The van der Waals surface area contributed by atoms with Crippen LogP contribution in [0.3, 0.4) is 0 Å². The van der Waals surface area contributed by atoms with Crippen LogP contribution in [0.15, 0.2) is 4.99 Å². The first kappa shape index (κ1) is 23.4. The molecule has 1 aliphatic rings. The summed E-state index contributed by atoms with van der Waals surface area (Å²) in [6.07, 6.45) is 5.07. The topological polar surface area (TPSA) is 78.0 Å². The number of piperidine rings is 1. The van der Waals surface area contributed by atoms with Gasteiger partial charge in [0.1, 0.15) is 0 Å². The molecule has 7 nitrogen and oxygen atoms in total. The van der Waals surface area contributed by atoms with E-state index in [1.54, 1.807) is 14.2 Å². The number of hydrogen-bond donors (Lipinski definition) is 3. The zero-order valence-corrected chi connectivity index (χ0v) is 17.6. The Labute approximate surface area is 163 Å². The van der Waals surface area contributed by atoms with Crippen molar-refractivity contribution in [2.24, 2.45) is 4.99 Å². The van der Waals surface area contributed by atoms with E-state index < -0.39 is 0 Å². The SMILES string of the molecule is CN=C(NCCCN1CCCCC1C)NCC(=O)NCCOC.I. The third-order valence-corrected chi connectivity index (χ3v) is 4.12. The van der Waals surface area contributed by atoms with Gasteiger partial charge in [-0.15, -0.1) is 24.0 Å². The highest BCUT2D eigenvalue weighted by Crippen LogP contribution is 2.15. The number of halogens is 1. The van der Waals surface area contributed by atoms with Gasteiger partial charge in [-0.2, -0.15) is 0 Å². The van der Waals surface area contributed by atoms with Crippen molar-refractivity contribution in [1.29, 1.82) is 0 Å². The Kier molecular flexibility index (Phi) is 14.3. The summed E-state index contributed by atoms with van der Waals surface area (Å²) in [4.78, 5) is 18.3. The molecule has 1 aliphatic heterocycles. The van der Waals surface area contributed by atoms with E-state index in [1.165, 1.54) is 25.8 Å². The average molecular weight is 455 g/mol. The fraction of sp³-hybridized carbons (Fsp3) is 0.875. The van der Waals surface area contributed by atoms with Crippen LogP contribution < -0.4 is 16.0 Å². The molecule has 0 aromatic rings. The molecule has 1 saturated heterocycles. The number of amides is 1. The van der Waals surface area contributed by atoms with E-state index in [4.69, 9.17) is 4.74 Å². The lowest BCUT2D eigenvalue weighted by Gasteiger charge is -2.33. The number of carbonyl (C=O) groups excluding carboxylic acids is 1. The van der Waals surface area contributed by atoms with Gasteiger partial charge in [0.15, 0.2) is 5.96 Å². The van der Waals surface area contributed by atoms with Gasteiger partial charge >= 0.3 is 0 Å². The molecule has 1 unspecified atom stereocenters. The number of nitrogens with one attached hydrogen (secondary N) is 3. The summed E-state index contributed by atoms with van der Waals surface area (Å²) >= 11 is 0. The van der Waals surface area contributed by atoms with Crippen molar-refractivity contribution >= 4 is 35.8 Å². The molecule has 0 aromatic heterocycles. The third-order valence-electron chi connectivity index (χ3n) is 4.12. The van der Waals surface area contributed by atoms with Gasteiger partial charge < -0.3 is 25.6 Å². The highest BCUT2D eigenvalue weighted by Gasteiger charge is 2.17. The normalized spacial score (nSPS) is 18.6. The van der Waals surface area contributed by atoms with E-state index in [9.17, 15) is 4.79 Å². The zero-order chi connectivity index (χ0) is 16.9. The van der Waals surface area contributed by atoms with E-state index >= 15 is 0 Å². The summed E-state index contributed by atoms with van der Waals surface area (Å²) in [5, 5.41) is 9.03. The number of guanidine groups is 1. The van der Waals surface area contributed by atoms with Crippen molar-refractivity contribution in [2.45, 2.75) is 38.6 Å². The first-order chi connectivity index (χ1) is 11.2. The van der Waals surface area contributed by atoms with Crippen LogP contribution in [0.4, 0.5) is 0 Å². The van der Waals surface area contributed by atoms with Crippen molar-refractivity contribution in [2.75, 3.05) is 53.5 Å². The van der Waals surface area contributed by atoms with Crippen LogP contribution in [0.25, 0.3) is 0 Å². The van der Waals surface area contributed by atoms with Crippen LogP contribution in [0.1, 0.15) is 32.6 Å². The van der Waals surface area contributed by atoms with Gasteiger partial charge in [0, 0.05) is 39.8 Å². The Hall–Kier alpha value is -0.610. The number of ether oxygens (including phenoxy) is 1. The monoisotopic (exact) mass is 455 g/mol. The Balaban J connectivity index is 0.00000529. The third kappa shape index (κ3) is 10.3. The predicted octanol–water partition coefficient (Wildman–Crippen LogP) is 0.797. The van der Waals surface area contributed by atoms with E-state index in [2.05, 4.69) is 32.8 Å². The molecule has 0 spiro atoms. The smallest absolute Gasteiger partial charge is 0.239 e. The van der Waals surface area contributed by atoms with Gasteiger partial charge in [-0.1, -0.05) is 6.42 Å². The van der Waals surface area contributed by atoms with Gasteiger partial charge in [0.05, 0.1) is 13.2 Å². The van der Waals surface area contributed by atoms with E-state index in [1.807, 2.05) is 0 Å². The van der Waals surface area contributed by atoms with Crippen LogP contribution >= 0.6 is 24.0 Å². The minimum atomic E-state index is -0.0628. The molecule has 1 atom stereocenters. The van der Waals surface area contributed by atoms with Gasteiger partial charge in [-0.3, -0.25) is 9.79 Å². The van der Waals surface area contributed by atoms with Crippen molar-refractivity contribution < 1.29 is 9.53 Å². The number of aliphatic imine (C=N–C) groups is 1. The van der Waals surface area contributed by atoms with E-state index in [0.717, 1.165) is 19.5 Å². The molecular formula is C16H34IN5O2. The largest absolute Gasteiger partial charge is 0.383 e. The Morgan fingerprint density at radius 3 is 2.71 bits per heavy atom. The maximum absolute atomic E-state index is 11.6. The van der Waals surface area contributed by atoms with Crippen LogP contribution in [0.5, 0.6) is 0 Å². The van der Waals surface area contributed by atoms with Crippen LogP contribution in [-0.4, -0.2) is 76.3 Å². The van der Waals surface area contributed by atoms with Crippen molar-refractivity contribution in [3.8, 4) is 0 Å². The molecule has 3 N–H and O–H groups in total. The summed E-state index contributed by atoms with van der Waals surface area (Å²) in [5.74, 6) is 0.603. The molecule has 1 heterocycles. The second-order valence-corrected chi connectivity index (χ2v) is 5.93. The van der Waals surface area contributed by atoms with Crippen LogP contribution in [-0.2, 0) is 9.53 Å². The molecule has 142 valence electrons. The molecule has 0 aromatic carbocycles. The van der Waals surface area contributed by atoms with E-state index in [0.29, 0.717) is 25.2 Å². The minimum Gasteiger partial charge on any atom is -0.383 e. The number of methoxy groups -OCH3 is 1. The maximum Gasteiger partial charge on any atom is 0.239 e. The summed E-state index contributed by atoms with van der Waals surface area (Å²) in [5.41, 5.74) is 0. The standard InChI is InChI=1S/C16H33N5O2.HI/c1-14-7-4-5-10-21(14)11-6-8-19-16(17-2)20-13-15(22)18-9-12-23-3;/h14H,4-13H2,1-3H3,(H,18,22)(H2,17,19,20);1H. The van der Waals surface area contributed by atoms with Crippen LogP contribution in [0.2, 0.25) is 0 Å². The average Bonchev–Trinajstić information content (AvgIpc) is 2.56. The van der Waals surface area contributed by atoms with Crippen molar-refractivity contribution in [3.05, 3.63) is 0 Å². The number of hydrogen-bond acceptors (Lipinski definition) is 4. The summed E-state index contributed by atoms with van der Waals surface area (Å²) < 4.78 is 4.89. The highest BCUT2D eigenvalue weighted by atomic mass is 127. The van der Waals surface area contributed by atoms with Gasteiger partial charge in [-0.25, -0.2) is 0 Å². The molecule has 1 amide bonds. The second kappa shape index (κ2) is 14.7. The lowest BCUT2D eigenvalue weighted by atomic mass is 10.0. The highest BCUT2D eigenvalue weighted by molar-refractivity contribution is 14.0. The minimum absolute atomic E-state index is 0. The molecule has 0 aliphatic carbocycles. The summed E-state index contributed by atoms with van der Waals surface area (Å²) in [6, 6.07) is 0.706. The lowest BCUT2D eigenvalue weighted by molar-refractivity contribution is -0.120. The Bertz CT molecular complexity index is 368.